The average Bonchev–Trinajstić information content (AvgIpc) is 3.46. The van der Waals surface area contributed by atoms with Gasteiger partial charge in [-0.25, -0.2) is 9.97 Å². The van der Waals surface area contributed by atoms with Crippen molar-refractivity contribution in [2.45, 2.75) is 6.54 Å². The van der Waals surface area contributed by atoms with Crippen LogP contribution in [0.4, 0.5) is 5.82 Å². The van der Waals surface area contributed by atoms with Gasteiger partial charge >= 0.3 is 0 Å². The minimum atomic E-state index is 0.444. The Morgan fingerprint density at radius 3 is 2.57 bits per heavy atom. The summed E-state index contributed by atoms with van der Waals surface area (Å²) in [6, 6.07) is 17.8. The lowest BCUT2D eigenvalue weighted by atomic mass is 9.99. The van der Waals surface area contributed by atoms with Crippen LogP contribution in [-0.2, 0) is 6.54 Å². The van der Waals surface area contributed by atoms with Crippen molar-refractivity contribution in [2.24, 2.45) is 0 Å². The molecule has 30 heavy (non-hydrogen) atoms. The van der Waals surface area contributed by atoms with Gasteiger partial charge in [-0.15, -0.1) is 10.2 Å². The second-order valence-electron chi connectivity index (χ2n) is 6.59. The minimum absolute atomic E-state index is 0.444. The summed E-state index contributed by atoms with van der Waals surface area (Å²) in [5, 5.41) is 12.0. The van der Waals surface area contributed by atoms with Crippen LogP contribution in [0, 0.1) is 0 Å². The maximum atomic E-state index is 6.22. The summed E-state index contributed by atoms with van der Waals surface area (Å²) in [6.45, 7) is 0.444. The Kier molecular flexibility index (Phi) is 4.57. The zero-order valence-corrected chi connectivity index (χ0v) is 16.2. The highest BCUT2D eigenvalue weighted by molar-refractivity contribution is 6.05. The van der Waals surface area contributed by atoms with E-state index in [-0.39, 0.29) is 0 Å². The standard InChI is InChI=1S/C22H18N6O2/c1-29-16-9-7-14(8-10-16)18-19-21(23-11-17-24-13-27-28-17)25-12-26-22(19)30-20(18)15-5-3-2-4-6-15/h2-10,12-13H,11H2,1H3,(H,23,25,26)(H,24,27,28). The van der Waals surface area contributed by atoms with Crippen LogP contribution in [0.1, 0.15) is 5.82 Å². The van der Waals surface area contributed by atoms with Gasteiger partial charge in [-0.1, -0.05) is 42.5 Å². The third-order valence-corrected chi connectivity index (χ3v) is 4.79. The van der Waals surface area contributed by atoms with E-state index in [2.05, 4.69) is 30.5 Å². The van der Waals surface area contributed by atoms with E-state index < -0.39 is 0 Å². The number of ether oxygens (including phenoxy) is 1. The van der Waals surface area contributed by atoms with Crippen molar-refractivity contribution < 1.29 is 9.15 Å². The van der Waals surface area contributed by atoms with Gasteiger partial charge < -0.3 is 19.5 Å². The number of hydrogen-bond donors (Lipinski definition) is 2. The van der Waals surface area contributed by atoms with Crippen molar-refractivity contribution in [3.05, 3.63) is 73.1 Å². The van der Waals surface area contributed by atoms with E-state index in [1.807, 2.05) is 54.6 Å². The van der Waals surface area contributed by atoms with Gasteiger partial charge in [0.05, 0.1) is 19.0 Å². The molecule has 3 aromatic heterocycles. The Labute approximate surface area is 172 Å². The fourth-order valence-corrected chi connectivity index (χ4v) is 3.38. The first-order valence-electron chi connectivity index (χ1n) is 9.39. The molecule has 0 aliphatic carbocycles. The molecule has 0 aliphatic heterocycles. The summed E-state index contributed by atoms with van der Waals surface area (Å²) >= 11 is 0. The van der Waals surface area contributed by atoms with Crippen molar-refractivity contribution >= 4 is 16.9 Å². The zero-order valence-electron chi connectivity index (χ0n) is 16.2. The topological polar surface area (TPSA) is 102 Å². The highest BCUT2D eigenvalue weighted by Gasteiger charge is 2.22. The Morgan fingerprint density at radius 2 is 1.83 bits per heavy atom. The molecule has 0 saturated carbocycles. The zero-order chi connectivity index (χ0) is 20.3. The molecule has 5 aromatic rings. The van der Waals surface area contributed by atoms with Crippen molar-refractivity contribution in [3.8, 4) is 28.2 Å². The maximum absolute atomic E-state index is 6.22. The summed E-state index contributed by atoms with van der Waals surface area (Å²) in [4.78, 5) is 11.8. The molecule has 148 valence electrons. The molecule has 8 heteroatoms. The number of benzene rings is 2. The number of nitrogens with one attached hydrogen (secondary N) is 2. The average molecular weight is 398 g/mol. The van der Waals surface area contributed by atoms with E-state index in [4.69, 9.17) is 9.15 Å². The molecule has 0 aliphatic rings. The predicted molar refractivity (Wildman–Crippen MR) is 113 cm³/mol. The van der Waals surface area contributed by atoms with Crippen LogP contribution in [0.15, 0.2) is 71.7 Å². The first kappa shape index (κ1) is 17.9. The lowest BCUT2D eigenvalue weighted by Crippen LogP contribution is -2.04. The third-order valence-electron chi connectivity index (χ3n) is 4.79. The molecule has 8 nitrogen and oxygen atoms in total. The van der Waals surface area contributed by atoms with Crippen LogP contribution in [0.3, 0.4) is 0 Å². The minimum Gasteiger partial charge on any atom is -0.497 e. The molecule has 0 bridgehead atoms. The van der Waals surface area contributed by atoms with Crippen LogP contribution in [-0.4, -0.2) is 32.3 Å². The fraction of sp³-hybridized carbons (Fsp3) is 0.0909. The van der Waals surface area contributed by atoms with Crippen LogP contribution < -0.4 is 10.1 Å². The summed E-state index contributed by atoms with van der Waals surface area (Å²) in [5.41, 5.74) is 3.36. The van der Waals surface area contributed by atoms with Gasteiger partial charge in [0.15, 0.2) is 0 Å². The van der Waals surface area contributed by atoms with Crippen LogP contribution >= 0.6 is 0 Å². The number of fused-ring (bicyclic) bond motifs is 1. The first-order chi connectivity index (χ1) is 14.8. The molecule has 0 atom stereocenters. The highest BCUT2D eigenvalue weighted by Crippen LogP contribution is 2.42. The second-order valence-corrected chi connectivity index (χ2v) is 6.59. The molecule has 2 aromatic carbocycles. The van der Waals surface area contributed by atoms with E-state index in [0.29, 0.717) is 23.9 Å². The van der Waals surface area contributed by atoms with Gasteiger partial charge in [0.25, 0.3) is 0 Å². The van der Waals surface area contributed by atoms with Crippen LogP contribution in [0.2, 0.25) is 0 Å². The number of furan rings is 1. The number of H-pyrrole nitrogens is 1. The number of methoxy groups -OCH3 is 1. The van der Waals surface area contributed by atoms with Gasteiger partial charge in [-0.3, -0.25) is 0 Å². The van der Waals surface area contributed by atoms with Crippen LogP contribution in [0.5, 0.6) is 5.75 Å². The Hall–Kier alpha value is -4.20. The number of aromatic amines is 1. The predicted octanol–water partition coefficient (Wildman–Crippen LogP) is 4.30. The summed E-state index contributed by atoms with van der Waals surface area (Å²) in [5.74, 6) is 2.89. The monoisotopic (exact) mass is 398 g/mol. The number of hydrogen-bond acceptors (Lipinski definition) is 7. The second kappa shape index (κ2) is 7.67. The van der Waals surface area contributed by atoms with Crippen molar-refractivity contribution in [2.75, 3.05) is 12.4 Å². The van der Waals surface area contributed by atoms with Crippen LogP contribution in [0.25, 0.3) is 33.6 Å². The molecular formula is C22H18N6O2. The maximum Gasteiger partial charge on any atom is 0.232 e. The largest absolute Gasteiger partial charge is 0.497 e. The molecule has 0 radical (unpaired) electrons. The van der Waals surface area contributed by atoms with E-state index >= 15 is 0 Å². The SMILES string of the molecule is COc1ccc(-c2c(-c3ccccc3)oc3ncnc(NCc4nnc[nH]4)c23)cc1. The molecule has 0 fully saturated rings. The Morgan fingerprint density at radius 1 is 1.00 bits per heavy atom. The van der Waals surface area contributed by atoms with Gasteiger partial charge in [0.1, 0.15) is 35.8 Å². The molecule has 0 spiro atoms. The number of anilines is 1. The lowest BCUT2D eigenvalue weighted by molar-refractivity contribution is 0.415. The Balaban J connectivity index is 1.70. The Bertz CT molecular complexity index is 1260. The molecule has 2 N–H and O–H groups in total. The first-order valence-corrected chi connectivity index (χ1v) is 9.39. The van der Waals surface area contributed by atoms with E-state index in [9.17, 15) is 0 Å². The molecule has 0 unspecified atom stereocenters. The summed E-state index contributed by atoms with van der Waals surface area (Å²) in [6.07, 6.45) is 3.03. The molecular weight excluding hydrogens is 380 g/mol. The number of rotatable bonds is 6. The van der Waals surface area contributed by atoms with Crippen molar-refractivity contribution in [1.82, 2.24) is 25.1 Å². The van der Waals surface area contributed by atoms with Gasteiger partial charge in [0.2, 0.25) is 5.71 Å². The normalized spacial score (nSPS) is 11.0. The van der Waals surface area contributed by atoms with Gasteiger partial charge in [-0.05, 0) is 17.7 Å². The van der Waals surface area contributed by atoms with E-state index in [1.165, 1.54) is 6.33 Å². The molecule has 5 rings (SSSR count). The van der Waals surface area contributed by atoms with Crippen molar-refractivity contribution in [1.29, 1.82) is 0 Å². The quantitative estimate of drug-likeness (QED) is 0.440. The molecule has 0 amide bonds. The summed E-state index contributed by atoms with van der Waals surface area (Å²) < 4.78 is 11.5. The molecule has 0 saturated heterocycles. The van der Waals surface area contributed by atoms with Crippen molar-refractivity contribution in [3.63, 3.8) is 0 Å². The fourth-order valence-electron chi connectivity index (χ4n) is 3.38. The van der Waals surface area contributed by atoms with Gasteiger partial charge in [0, 0.05) is 11.1 Å². The van der Waals surface area contributed by atoms with E-state index in [0.717, 1.165) is 33.6 Å². The number of nitrogens with zero attached hydrogens (tertiary/aromatic N) is 4. The highest BCUT2D eigenvalue weighted by atomic mass is 16.5. The lowest BCUT2D eigenvalue weighted by Gasteiger charge is -2.08. The summed E-state index contributed by atoms with van der Waals surface area (Å²) in [7, 11) is 1.65. The smallest absolute Gasteiger partial charge is 0.232 e. The number of aromatic nitrogens is 5. The van der Waals surface area contributed by atoms with Gasteiger partial charge in [-0.2, -0.15) is 0 Å². The van der Waals surface area contributed by atoms with E-state index in [1.54, 1.807) is 13.4 Å². The molecule has 3 heterocycles. The third kappa shape index (κ3) is 3.24.